The average Bonchev–Trinajstić information content (AvgIpc) is 2.27. The van der Waals surface area contributed by atoms with E-state index < -0.39 is 0 Å². The number of carbonyl (C=O) groups is 1. The van der Waals surface area contributed by atoms with Crippen molar-refractivity contribution in [2.24, 2.45) is 5.92 Å². The predicted octanol–water partition coefficient (Wildman–Crippen LogP) is 2.35. The lowest BCUT2D eigenvalue weighted by atomic mass is 9.87. The summed E-state index contributed by atoms with van der Waals surface area (Å²) in [7, 11) is 1.44. The summed E-state index contributed by atoms with van der Waals surface area (Å²) in [6.45, 7) is 3.74. The van der Waals surface area contributed by atoms with Gasteiger partial charge >= 0.3 is 6.09 Å². The van der Waals surface area contributed by atoms with Gasteiger partial charge in [-0.05, 0) is 24.3 Å². The Hall–Kier alpha value is -1.25. The van der Waals surface area contributed by atoms with E-state index in [1.165, 1.54) is 18.3 Å². The van der Waals surface area contributed by atoms with Gasteiger partial charge in [0.25, 0.3) is 0 Å². The maximum Gasteiger partial charge on any atom is 0.409 e. The predicted molar refractivity (Wildman–Crippen MR) is 58.5 cm³/mol. The molecule has 0 N–H and O–H groups in total. The van der Waals surface area contributed by atoms with Crippen LogP contribution in [0.4, 0.5) is 4.79 Å². The number of methoxy groups -OCH3 is 1. The highest BCUT2D eigenvalue weighted by Crippen LogP contribution is 2.29. The monoisotopic (exact) mass is 207 g/mol. The number of rotatable bonds is 0. The first-order valence-electron chi connectivity index (χ1n) is 5.42. The zero-order valence-corrected chi connectivity index (χ0v) is 9.32. The fraction of sp³-hybridized carbons (Fsp3) is 0.583. The Morgan fingerprint density at radius 3 is 3.13 bits per heavy atom. The summed E-state index contributed by atoms with van der Waals surface area (Å²) in [6, 6.07) is 0. The lowest BCUT2D eigenvalue weighted by Gasteiger charge is -2.31. The van der Waals surface area contributed by atoms with Crippen molar-refractivity contribution in [1.29, 1.82) is 0 Å². The van der Waals surface area contributed by atoms with Crippen molar-refractivity contribution in [1.82, 2.24) is 4.90 Å². The summed E-state index contributed by atoms with van der Waals surface area (Å²) in [5, 5.41) is 0. The Morgan fingerprint density at radius 2 is 2.40 bits per heavy atom. The third-order valence-electron chi connectivity index (χ3n) is 3.13. The third-order valence-corrected chi connectivity index (χ3v) is 3.13. The maximum atomic E-state index is 11.4. The van der Waals surface area contributed by atoms with Gasteiger partial charge < -0.3 is 9.64 Å². The summed E-state index contributed by atoms with van der Waals surface area (Å²) in [4.78, 5) is 13.1. The average molecular weight is 207 g/mol. The molecule has 0 fully saturated rings. The normalized spacial score (nSPS) is 25.2. The van der Waals surface area contributed by atoms with Crippen molar-refractivity contribution in [2.75, 3.05) is 20.2 Å². The van der Waals surface area contributed by atoms with Crippen LogP contribution in [-0.4, -0.2) is 31.2 Å². The van der Waals surface area contributed by atoms with Gasteiger partial charge in [0.15, 0.2) is 0 Å². The van der Waals surface area contributed by atoms with Crippen LogP contribution in [0.5, 0.6) is 0 Å². The molecule has 1 heterocycles. The second kappa shape index (κ2) is 4.09. The van der Waals surface area contributed by atoms with Crippen LogP contribution in [0.3, 0.4) is 0 Å². The second-order valence-electron chi connectivity index (χ2n) is 4.31. The topological polar surface area (TPSA) is 29.5 Å². The number of ether oxygens (including phenoxy) is 1. The first-order valence-corrected chi connectivity index (χ1v) is 5.42. The summed E-state index contributed by atoms with van der Waals surface area (Å²) in [5.41, 5.74) is 2.83. The summed E-state index contributed by atoms with van der Waals surface area (Å²) >= 11 is 0. The van der Waals surface area contributed by atoms with Gasteiger partial charge in [0.2, 0.25) is 0 Å². The molecule has 0 aromatic carbocycles. The minimum atomic E-state index is -0.214. The van der Waals surface area contributed by atoms with Crippen molar-refractivity contribution in [3.05, 3.63) is 23.3 Å². The number of allylic oxidation sites excluding steroid dienone is 1. The molecule has 0 saturated carbocycles. The molecule has 1 aliphatic heterocycles. The molecule has 0 aromatic rings. The highest BCUT2D eigenvalue weighted by atomic mass is 16.5. The zero-order valence-electron chi connectivity index (χ0n) is 9.32. The van der Waals surface area contributed by atoms with E-state index in [1.807, 2.05) is 0 Å². The Balaban J connectivity index is 2.09. The van der Waals surface area contributed by atoms with Crippen LogP contribution in [0.15, 0.2) is 23.3 Å². The summed E-state index contributed by atoms with van der Waals surface area (Å²) in [6.07, 6.45) is 6.33. The van der Waals surface area contributed by atoms with Gasteiger partial charge in [0.1, 0.15) is 0 Å². The van der Waals surface area contributed by atoms with Gasteiger partial charge in [0, 0.05) is 13.1 Å². The van der Waals surface area contributed by atoms with Crippen LogP contribution >= 0.6 is 0 Å². The molecule has 1 atom stereocenters. The van der Waals surface area contributed by atoms with E-state index in [2.05, 4.69) is 19.1 Å². The molecule has 2 aliphatic rings. The number of hydrogen-bond donors (Lipinski definition) is 0. The van der Waals surface area contributed by atoms with Crippen molar-refractivity contribution in [3.63, 3.8) is 0 Å². The van der Waals surface area contributed by atoms with Crippen LogP contribution in [0, 0.1) is 5.92 Å². The highest BCUT2D eigenvalue weighted by Gasteiger charge is 2.24. The molecule has 0 radical (unpaired) electrons. The van der Waals surface area contributed by atoms with Gasteiger partial charge in [-0.25, -0.2) is 4.79 Å². The van der Waals surface area contributed by atoms with E-state index in [4.69, 9.17) is 4.74 Å². The molecular formula is C12H17NO2. The van der Waals surface area contributed by atoms with E-state index in [0.29, 0.717) is 12.5 Å². The van der Waals surface area contributed by atoms with Gasteiger partial charge in [0.05, 0.1) is 7.11 Å². The van der Waals surface area contributed by atoms with Gasteiger partial charge in [-0.1, -0.05) is 24.6 Å². The molecule has 0 bridgehead atoms. The fourth-order valence-electron chi connectivity index (χ4n) is 2.25. The largest absolute Gasteiger partial charge is 0.453 e. The third kappa shape index (κ3) is 2.06. The van der Waals surface area contributed by atoms with Crippen LogP contribution < -0.4 is 0 Å². The van der Waals surface area contributed by atoms with E-state index in [-0.39, 0.29) is 6.09 Å². The van der Waals surface area contributed by atoms with Gasteiger partial charge in [-0.3, -0.25) is 0 Å². The molecule has 0 spiro atoms. The number of amides is 1. The van der Waals surface area contributed by atoms with Crippen molar-refractivity contribution in [3.8, 4) is 0 Å². The minimum absolute atomic E-state index is 0.214. The maximum absolute atomic E-state index is 11.4. The van der Waals surface area contributed by atoms with Gasteiger partial charge in [-0.2, -0.15) is 0 Å². The lowest BCUT2D eigenvalue weighted by Crippen LogP contribution is -2.37. The molecule has 3 heteroatoms. The molecule has 15 heavy (non-hydrogen) atoms. The lowest BCUT2D eigenvalue weighted by molar-refractivity contribution is 0.125. The van der Waals surface area contributed by atoms with Crippen molar-refractivity contribution in [2.45, 2.75) is 19.8 Å². The standard InChI is InChI=1S/C12H17NO2/c1-9-3-4-11-8-13(12(14)15-2)6-5-10(11)7-9/h3-4,9H,5-8H2,1-2H3. The molecule has 0 aromatic heterocycles. The Kier molecular flexibility index (Phi) is 2.80. The molecular weight excluding hydrogens is 190 g/mol. The number of hydrogen-bond acceptors (Lipinski definition) is 2. The molecule has 2 rings (SSSR count). The fourth-order valence-corrected chi connectivity index (χ4v) is 2.25. The Bertz CT molecular complexity index is 331. The van der Waals surface area contributed by atoms with Crippen LogP contribution in [-0.2, 0) is 4.74 Å². The smallest absolute Gasteiger partial charge is 0.409 e. The van der Waals surface area contributed by atoms with E-state index in [0.717, 1.165) is 19.4 Å². The Labute approximate surface area is 90.4 Å². The van der Waals surface area contributed by atoms with Crippen LogP contribution in [0.1, 0.15) is 19.8 Å². The zero-order chi connectivity index (χ0) is 10.8. The van der Waals surface area contributed by atoms with Crippen LogP contribution in [0.2, 0.25) is 0 Å². The molecule has 1 unspecified atom stereocenters. The summed E-state index contributed by atoms with van der Waals surface area (Å²) < 4.78 is 4.73. The highest BCUT2D eigenvalue weighted by molar-refractivity contribution is 5.68. The molecule has 0 saturated heterocycles. The SMILES string of the molecule is COC(=O)N1CCC2=C(C=CC(C)C2)C1. The molecule has 1 amide bonds. The first kappa shape index (κ1) is 10.3. The van der Waals surface area contributed by atoms with Crippen molar-refractivity contribution < 1.29 is 9.53 Å². The van der Waals surface area contributed by atoms with Crippen molar-refractivity contribution >= 4 is 6.09 Å². The van der Waals surface area contributed by atoms with E-state index >= 15 is 0 Å². The number of nitrogens with zero attached hydrogens (tertiary/aromatic N) is 1. The number of carbonyl (C=O) groups excluding carboxylic acids is 1. The van der Waals surface area contributed by atoms with E-state index in [9.17, 15) is 4.79 Å². The second-order valence-corrected chi connectivity index (χ2v) is 4.31. The minimum Gasteiger partial charge on any atom is -0.453 e. The summed E-state index contributed by atoms with van der Waals surface area (Å²) in [5.74, 6) is 0.647. The molecule has 82 valence electrons. The first-order chi connectivity index (χ1) is 7.20. The Morgan fingerprint density at radius 1 is 1.60 bits per heavy atom. The quantitative estimate of drug-likeness (QED) is 0.610. The van der Waals surface area contributed by atoms with Gasteiger partial charge in [-0.15, -0.1) is 0 Å². The van der Waals surface area contributed by atoms with E-state index in [1.54, 1.807) is 4.90 Å². The van der Waals surface area contributed by atoms with Crippen LogP contribution in [0.25, 0.3) is 0 Å². The molecule has 1 aliphatic carbocycles. The molecule has 3 nitrogen and oxygen atoms in total.